The average molecular weight is 457 g/mol. The van der Waals surface area contributed by atoms with E-state index in [1.54, 1.807) is 38.4 Å². The van der Waals surface area contributed by atoms with Gasteiger partial charge in [0.15, 0.2) is 0 Å². The van der Waals surface area contributed by atoms with Gasteiger partial charge in [-0.2, -0.15) is 0 Å². The maximum Gasteiger partial charge on any atom is 0.251 e. The molecule has 0 bridgehead atoms. The van der Waals surface area contributed by atoms with Crippen LogP contribution >= 0.6 is 0 Å². The number of halogens is 1. The number of anilines is 1. The molecule has 2 aromatic carbocycles. The van der Waals surface area contributed by atoms with Gasteiger partial charge in [0, 0.05) is 43.5 Å². The van der Waals surface area contributed by atoms with Crippen LogP contribution in [0.4, 0.5) is 10.1 Å². The molecule has 2 aromatic rings. The largest absolute Gasteiger partial charge is 0.497 e. The molecule has 0 atom stereocenters. The van der Waals surface area contributed by atoms with E-state index in [4.69, 9.17) is 4.74 Å². The highest BCUT2D eigenvalue weighted by atomic mass is 19.1. The van der Waals surface area contributed by atoms with Crippen LogP contribution in [0.25, 0.3) is 0 Å². The first-order valence-electron chi connectivity index (χ1n) is 10.8. The van der Waals surface area contributed by atoms with Crippen LogP contribution in [0.1, 0.15) is 23.2 Å². The number of hydrogen-bond acceptors (Lipinski definition) is 5. The number of carbonyl (C=O) groups excluding carboxylic acids is 3. The lowest BCUT2D eigenvalue weighted by atomic mass is 10.0. The first-order chi connectivity index (χ1) is 15.8. The van der Waals surface area contributed by atoms with E-state index in [2.05, 4.69) is 10.6 Å². The first-order valence-corrected chi connectivity index (χ1v) is 10.8. The van der Waals surface area contributed by atoms with E-state index in [0.717, 1.165) is 0 Å². The van der Waals surface area contributed by atoms with Crippen LogP contribution in [0, 0.1) is 5.82 Å². The van der Waals surface area contributed by atoms with Gasteiger partial charge in [0.05, 0.1) is 20.2 Å². The summed E-state index contributed by atoms with van der Waals surface area (Å²) >= 11 is 0. The number of hydrogen-bond donors (Lipinski definition) is 2. The number of nitrogens with one attached hydrogen (secondary N) is 2. The molecule has 2 N–H and O–H groups in total. The Balaban J connectivity index is 1.39. The third kappa shape index (κ3) is 7.28. The molecule has 0 aromatic heterocycles. The molecule has 1 saturated heterocycles. The zero-order valence-electron chi connectivity index (χ0n) is 18.8. The highest BCUT2D eigenvalue weighted by Gasteiger charge is 2.24. The topological polar surface area (TPSA) is 91.0 Å². The molecule has 8 nitrogen and oxygen atoms in total. The summed E-state index contributed by atoms with van der Waals surface area (Å²) in [6, 6.07) is 12.4. The Bertz CT molecular complexity index is 975. The Hall–Kier alpha value is -3.46. The zero-order valence-corrected chi connectivity index (χ0v) is 18.8. The van der Waals surface area contributed by atoms with Crippen molar-refractivity contribution in [2.45, 2.75) is 18.9 Å². The fraction of sp³-hybridized carbons (Fsp3) is 0.375. The average Bonchev–Trinajstić information content (AvgIpc) is 2.80. The molecule has 0 radical (unpaired) electrons. The number of rotatable bonds is 8. The monoisotopic (exact) mass is 456 g/mol. The highest BCUT2D eigenvalue weighted by Crippen LogP contribution is 2.16. The van der Waals surface area contributed by atoms with Crippen molar-refractivity contribution < 1.29 is 23.5 Å². The second kappa shape index (κ2) is 11.4. The Morgan fingerprint density at radius 2 is 1.82 bits per heavy atom. The quantitative estimate of drug-likeness (QED) is 0.635. The number of amides is 3. The van der Waals surface area contributed by atoms with Crippen molar-refractivity contribution in [2.75, 3.05) is 45.7 Å². The van der Waals surface area contributed by atoms with Crippen molar-refractivity contribution in [3.05, 3.63) is 59.9 Å². The Kier molecular flexibility index (Phi) is 8.37. The summed E-state index contributed by atoms with van der Waals surface area (Å²) in [5, 5.41) is 5.72. The third-order valence-corrected chi connectivity index (χ3v) is 5.55. The van der Waals surface area contributed by atoms with Crippen LogP contribution in [0.2, 0.25) is 0 Å². The predicted molar refractivity (Wildman–Crippen MR) is 123 cm³/mol. The van der Waals surface area contributed by atoms with Crippen molar-refractivity contribution >= 4 is 23.4 Å². The zero-order chi connectivity index (χ0) is 23.8. The molecule has 3 amide bonds. The van der Waals surface area contributed by atoms with Gasteiger partial charge in [-0.05, 0) is 49.2 Å². The van der Waals surface area contributed by atoms with E-state index in [0.29, 0.717) is 42.9 Å². The lowest BCUT2D eigenvalue weighted by Crippen LogP contribution is -2.48. The fourth-order valence-corrected chi connectivity index (χ4v) is 3.62. The number of likely N-dealkylation sites (N-methyl/N-ethyl adjacent to an activating group) is 1. The van der Waals surface area contributed by atoms with Crippen LogP contribution in [0.3, 0.4) is 0 Å². The molecular weight excluding hydrogens is 427 g/mol. The van der Waals surface area contributed by atoms with E-state index >= 15 is 0 Å². The third-order valence-electron chi connectivity index (χ3n) is 5.55. The lowest BCUT2D eigenvalue weighted by Gasteiger charge is -2.32. The van der Waals surface area contributed by atoms with Crippen LogP contribution in [-0.4, -0.2) is 73.9 Å². The van der Waals surface area contributed by atoms with E-state index < -0.39 is 0 Å². The van der Waals surface area contributed by atoms with Gasteiger partial charge in [0.2, 0.25) is 11.8 Å². The molecule has 176 valence electrons. The number of carbonyl (C=O) groups is 3. The van der Waals surface area contributed by atoms with Crippen LogP contribution < -0.4 is 15.4 Å². The normalized spacial score (nSPS) is 14.4. The second-order valence-corrected chi connectivity index (χ2v) is 8.06. The van der Waals surface area contributed by atoms with Crippen molar-refractivity contribution in [3.63, 3.8) is 0 Å². The molecule has 0 spiro atoms. The Labute approximate surface area is 192 Å². The molecule has 0 unspecified atom stereocenters. The van der Waals surface area contributed by atoms with E-state index in [9.17, 15) is 18.8 Å². The number of piperidine rings is 1. The number of nitrogens with zero attached hydrogens (tertiary/aromatic N) is 2. The van der Waals surface area contributed by atoms with E-state index in [1.165, 1.54) is 29.2 Å². The number of ether oxygens (including phenoxy) is 1. The second-order valence-electron chi connectivity index (χ2n) is 8.06. The molecule has 33 heavy (non-hydrogen) atoms. The van der Waals surface area contributed by atoms with Gasteiger partial charge in [0.25, 0.3) is 5.91 Å². The Morgan fingerprint density at radius 1 is 1.12 bits per heavy atom. The van der Waals surface area contributed by atoms with Gasteiger partial charge in [-0.15, -0.1) is 0 Å². The smallest absolute Gasteiger partial charge is 0.251 e. The number of likely N-dealkylation sites (tertiary alicyclic amines) is 1. The summed E-state index contributed by atoms with van der Waals surface area (Å²) in [4.78, 5) is 40.5. The van der Waals surface area contributed by atoms with Crippen molar-refractivity contribution in [3.8, 4) is 5.75 Å². The van der Waals surface area contributed by atoms with Crippen LogP contribution in [-0.2, 0) is 9.59 Å². The molecule has 3 rings (SSSR count). The summed E-state index contributed by atoms with van der Waals surface area (Å²) in [7, 11) is 3.15. The molecule has 9 heteroatoms. The fourth-order valence-electron chi connectivity index (χ4n) is 3.62. The SMILES string of the molecule is COc1cccc(NC(=O)CN(C)C(=O)CN2CCC(NC(=O)c3ccc(F)cc3)CC2)c1. The minimum Gasteiger partial charge on any atom is -0.497 e. The maximum atomic E-state index is 13.0. The van der Waals surface area contributed by atoms with Gasteiger partial charge in [-0.3, -0.25) is 19.3 Å². The summed E-state index contributed by atoms with van der Waals surface area (Å²) in [6.45, 7) is 1.47. The number of methoxy groups -OCH3 is 1. The van der Waals surface area contributed by atoms with Gasteiger partial charge < -0.3 is 20.3 Å². The Morgan fingerprint density at radius 3 is 2.48 bits per heavy atom. The molecular formula is C24H29FN4O4. The highest BCUT2D eigenvalue weighted by molar-refractivity contribution is 5.95. The van der Waals surface area contributed by atoms with Crippen molar-refractivity contribution in [1.29, 1.82) is 0 Å². The lowest BCUT2D eigenvalue weighted by molar-refractivity contribution is -0.134. The molecule has 0 aliphatic carbocycles. The van der Waals surface area contributed by atoms with Gasteiger partial charge in [-0.1, -0.05) is 6.07 Å². The van der Waals surface area contributed by atoms with Crippen molar-refractivity contribution in [1.82, 2.24) is 15.1 Å². The molecule has 1 heterocycles. The number of benzene rings is 2. The molecule has 1 fully saturated rings. The summed E-state index contributed by atoms with van der Waals surface area (Å²) < 4.78 is 18.2. The predicted octanol–water partition coefficient (Wildman–Crippen LogP) is 2.13. The standard InChI is InChI=1S/C24H29FN4O4/c1-28(15-22(30)26-20-4-3-5-21(14-20)33-2)23(31)16-29-12-10-19(11-13-29)27-24(32)17-6-8-18(25)9-7-17/h3-9,14,19H,10-13,15-16H2,1-2H3,(H,26,30)(H,27,32). The van der Waals surface area contributed by atoms with E-state index in [-0.39, 0.29) is 42.7 Å². The minimum absolute atomic E-state index is 0.000256. The van der Waals surface area contributed by atoms with Gasteiger partial charge in [0.1, 0.15) is 11.6 Å². The minimum atomic E-state index is -0.382. The first kappa shape index (κ1) is 24.2. The van der Waals surface area contributed by atoms with Gasteiger partial charge in [-0.25, -0.2) is 4.39 Å². The van der Waals surface area contributed by atoms with Crippen LogP contribution in [0.15, 0.2) is 48.5 Å². The maximum absolute atomic E-state index is 13.0. The molecule has 1 aliphatic heterocycles. The molecule has 1 aliphatic rings. The molecule has 0 saturated carbocycles. The van der Waals surface area contributed by atoms with Gasteiger partial charge >= 0.3 is 0 Å². The summed E-state index contributed by atoms with van der Waals surface area (Å²) in [6.07, 6.45) is 1.42. The van der Waals surface area contributed by atoms with Crippen molar-refractivity contribution in [2.24, 2.45) is 0 Å². The summed E-state index contributed by atoms with van der Waals surface area (Å²) in [5.41, 5.74) is 1.02. The van der Waals surface area contributed by atoms with Crippen LogP contribution in [0.5, 0.6) is 5.75 Å². The van der Waals surface area contributed by atoms with E-state index in [1.807, 2.05) is 4.90 Å². The summed E-state index contributed by atoms with van der Waals surface area (Å²) in [5.74, 6) is -0.418.